The Hall–Kier alpha value is -3.30. The minimum atomic E-state index is -3.75. The van der Waals surface area contributed by atoms with Gasteiger partial charge < -0.3 is 14.2 Å². The van der Waals surface area contributed by atoms with Crippen molar-refractivity contribution in [1.29, 1.82) is 0 Å². The van der Waals surface area contributed by atoms with Crippen molar-refractivity contribution in [3.63, 3.8) is 0 Å². The molecule has 0 N–H and O–H groups in total. The summed E-state index contributed by atoms with van der Waals surface area (Å²) in [5.41, 5.74) is 1.51. The van der Waals surface area contributed by atoms with Gasteiger partial charge in [0.2, 0.25) is 15.0 Å². The van der Waals surface area contributed by atoms with E-state index in [1.165, 1.54) is 42.5 Å². The molecule has 0 unspecified atom stereocenters. The highest BCUT2D eigenvalue weighted by Crippen LogP contribution is 2.20. The van der Waals surface area contributed by atoms with Crippen LogP contribution in [0.1, 0.15) is 21.6 Å². The van der Waals surface area contributed by atoms with Crippen molar-refractivity contribution in [3.05, 3.63) is 96.1 Å². The Balaban J connectivity index is 1.92. The van der Waals surface area contributed by atoms with Crippen LogP contribution in [0.2, 0.25) is 0 Å². The zero-order valence-electron chi connectivity index (χ0n) is 18.4. The van der Waals surface area contributed by atoms with E-state index in [0.717, 1.165) is 0 Å². The first-order valence-electron chi connectivity index (χ1n) is 10.3. The van der Waals surface area contributed by atoms with E-state index < -0.39 is 15.7 Å². The van der Waals surface area contributed by atoms with Crippen LogP contribution in [-0.2, 0) is 33.4 Å². The summed E-state index contributed by atoms with van der Waals surface area (Å²) in [5.74, 6) is -0.960. The third-order valence-electron chi connectivity index (χ3n) is 4.98. The quantitative estimate of drug-likeness (QED) is 0.400. The molecule has 0 bridgehead atoms. The molecule has 0 saturated heterocycles. The number of amides is 1. The lowest BCUT2D eigenvalue weighted by atomic mass is 10.2. The maximum atomic E-state index is 13.3. The molecule has 9 heteroatoms. The number of hydrogen-bond donors (Lipinski definition) is 0. The summed E-state index contributed by atoms with van der Waals surface area (Å²) in [6.07, 6.45) is 3.03. The molecule has 3 aromatic rings. The fraction of sp³-hybridized carbons (Fsp3) is 0.250. The maximum Gasteiger partial charge on any atom is 0.254 e. The molecule has 1 aromatic heterocycles. The molecule has 1 amide bonds. The van der Waals surface area contributed by atoms with Gasteiger partial charge in [0.1, 0.15) is 5.82 Å². The van der Waals surface area contributed by atoms with Gasteiger partial charge in [0.05, 0.1) is 30.8 Å². The predicted octanol–water partition coefficient (Wildman–Crippen LogP) is 3.47. The Morgan fingerprint density at radius 3 is 2.52 bits per heavy atom. The molecule has 0 radical (unpaired) electrons. The Morgan fingerprint density at radius 2 is 1.88 bits per heavy atom. The van der Waals surface area contributed by atoms with Crippen molar-refractivity contribution in [1.82, 2.24) is 14.5 Å². The van der Waals surface area contributed by atoms with Gasteiger partial charge >= 0.3 is 0 Å². The lowest BCUT2D eigenvalue weighted by molar-refractivity contribution is 0.0758. The molecule has 0 aliphatic carbocycles. The molecular formula is C24H26FN3O4S. The average Bonchev–Trinajstić information content (AvgIpc) is 3.21. The zero-order valence-corrected chi connectivity index (χ0v) is 19.2. The summed E-state index contributed by atoms with van der Waals surface area (Å²) in [6, 6.07) is 14.1. The van der Waals surface area contributed by atoms with Crippen molar-refractivity contribution in [2.75, 3.05) is 20.3 Å². The molecule has 0 aliphatic rings. The molecule has 0 saturated carbocycles. The number of carbonyl (C=O) groups is 1. The monoisotopic (exact) mass is 471 g/mol. The van der Waals surface area contributed by atoms with E-state index >= 15 is 0 Å². The first-order chi connectivity index (χ1) is 15.9. The van der Waals surface area contributed by atoms with E-state index in [4.69, 9.17) is 4.74 Å². The minimum absolute atomic E-state index is 0.0776. The molecule has 0 fully saturated rings. The van der Waals surface area contributed by atoms with Gasteiger partial charge in [0, 0.05) is 25.8 Å². The van der Waals surface area contributed by atoms with Gasteiger partial charge in [-0.1, -0.05) is 36.4 Å². The minimum Gasteiger partial charge on any atom is -0.383 e. The van der Waals surface area contributed by atoms with Gasteiger partial charge in [-0.25, -0.2) is 17.8 Å². The van der Waals surface area contributed by atoms with Gasteiger partial charge in [0.25, 0.3) is 5.91 Å². The Bertz CT molecular complexity index is 1190. The molecule has 3 rings (SSSR count). The number of sulfone groups is 1. The summed E-state index contributed by atoms with van der Waals surface area (Å²) in [4.78, 5) is 18.7. The van der Waals surface area contributed by atoms with Crippen molar-refractivity contribution in [2.24, 2.45) is 0 Å². The second kappa shape index (κ2) is 11.0. The number of carbonyl (C=O) groups excluding carboxylic acids is 1. The average molecular weight is 472 g/mol. The smallest absolute Gasteiger partial charge is 0.254 e. The molecule has 174 valence electrons. The summed E-state index contributed by atoms with van der Waals surface area (Å²) >= 11 is 0. The Kier molecular flexibility index (Phi) is 8.13. The van der Waals surface area contributed by atoms with Crippen LogP contribution in [0.25, 0.3) is 0 Å². The number of nitrogens with zero attached hydrogens (tertiary/aromatic N) is 3. The second-order valence-corrected chi connectivity index (χ2v) is 9.29. The molecule has 1 heterocycles. The lowest BCUT2D eigenvalue weighted by Crippen LogP contribution is -2.32. The maximum absolute atomic E-state index is 13.3. The number of hydrogen-bond acceptors (Lipinski definition) is 5. The van der Waals surface area contributed by atoms with Crippen LogP contribution in [0.15, 0.2) is 78.6 Å². The molecule has 2 aromatic carbocycles. The highest BCUT2D eigenvalue weighted by molar-refractivity contribution is 7.90. The van der Waals surface area contributed by atoms with E-state index in [0.29, 0.717) is 16.8 Å². The van der Waals surface area contributed by atoms with Crippen LogP contribution >= 0.6 is 0 Å². The fourth-order valence-electron chi connectivity index (χ4n) is 3.39. The van der Waals surface area contributed by atoms with Gasteiger partial charge in [-0.05, 0) is 29.8 Å². The van der Waals surface area contributed by atoms with E-state index in [1.54, 1.807) is 34.9 Å². The first kappa shape index (κ1) is 24.3. The molecular weight excluding hydrogens is 445 g/mol. The molecule has 33 heavy (non-hydrogen) atoms. The van der Waals surface area contributed by atoms with Crippen LogP contribution in [0.5, 0.6) is 0 Å². The number of halogens is 1. The number of aromatic nitrogens is 2. The van der Waals surface area contributed by atoms with Gasteiger partial charge in [-0.3, -0.25) is 4.79 Å². The largest absolute Gasteiger partial charge is 0.383 e. The number of methoxy groups -OCH3 is 1. The van der Waals surface area contributed by atoms with E-state index in [2.05, 4.69) is 11.6 Å². The standard InChI is InChI=1S/C24H26FN3O4S/c1-3-13-27(23(29)20-9-11-21(25)12-10-20)17-22-16-26-24(28(22)14-15-32-2)33(30,31)18-19-7-5-4-6-8-19/h3-12,16H,1,13-15,17-18H2,2H3. The van der Waals surface area contributed by atoms with Crippen LogP contribution in [0, 0.1) is 5.82 Å². The van der Waals surface area contributed by atoms with Crippen molar-refractivity contribution >= 4 is 15.7 Å². The molecule has 0 spiro atoms. The van der Waals surface area contributed by atoms with Crippen LogP contribution < -0.4 is 0 Å². The lowest BCUT2D eigenvalue weighted by Gasteiger charge is -2.22. The number of rotatable bonds is 11. The van der Waals surface area contributed by atoms with Crippen molar-refractivity contribution in [2.45, 2.75) is 24.0 Å². The van der Waals surface area contributed by atoms with Gasteiger partial charge in [0.15, 0.2) is 0 Å². The summed E-state index contributed by atoms with van der Waals surface area (Å²) in [6.45, 7) is 4.54. The Labute approximate surface area is 193 Å². The number of imidazole rings is 1. The van der Waals surface area contributed by atoms with E-state index in [1.807, 2.05) is 6.07 Å². The highest BCUT2D eigenvalue weighted by Gasteiger charge is 2.25. The van der Waals surface area contributed by atoms with Gasteiger partial charge in [-0.15, -0.1) is 6.58 Å². The topological polar surface area (TPSA) is 81.5 Å². The summed E-state index contributed by atoms with van der Waals surface area (Å²) in [7, 11) is -2.22. The number of benzene rings is 2. The molecule has 0 aliphatic heterocycles. The van der Waals surface area contributed by atoms with E-state index in [-0.39, 0.29) is 43.1 Å². The van der Waals surface area contributed by atoms with Crippen molar-refractivity contribution in [3.8, 4) is 0 Å². The molecule has 7 nitrogen and oxygen atoms in total. The second-order valence-electron chi connectivity index (χ2n) is 7.40. The summed E-state index contributed by atoms with van der Waals surface area (Å²) in [5, 5.41) is -0.0776. The number of ether oxygens (including phenoxy) is 1. The Morgan fingerprint density at radius 1 is 1.18 bits per heavy atom. The SMILES string of the molecule is C=CCN(Cc1cnc(S(=O)(=O)Cc2ccccc2)n1CCOC)C(=O)c1ccc(F)cc1. The van der Waals surface area contributed by atoms with Crippen LogP contribution in [-0.4, -0.2) is 49.0 Å². The third-order valence-corrected chi connectivity index (χ3v) is 6.57. The highest BCUT2D eigenvalue weighted by atomic mass is 32.2. The van der Waals surface area contributed by atoms with Crippen LogP contribution in [0.3, 0.4) is 0 Å². The van der Waals surface area contributed by atoms with Crippen molar-refractivity contribution < 1.29 is 22.3 Å². The third kappa shape index (κ3) is 6.15. The van der Waals surface area contributed by atoms with Gasteiger partial charge in [-0.2, -0.15) is 0 Å². The zero-order chi connectivity index (χ0) is 23.8. The predicted molar refractivity (Wildman–Crippen MR) is 123 cm³/mol. The summed E-state index contributed by atoms with van der Waals surface area (Å²) < 4.78 is 46.3. The molecule has 0 atom stereocenters. The van der Waals surface area contributed by atoms with E-state index in [9.17, 15) is 17.6 Å². The van der Waals surface area contributed by atoms with Crippen LogP contribution in [0.4, 0.5) is 4.39 Å². The normalized spacial score (nSPS) is 11.3. The first-order valence-corrected chi connectivity index (χ1v) is 12.0. The fourth-order valence-corrected chi connectivity index (χ4v) is 4.91.